The molecule has 0 aromatic heterocycles. The predicted molar refractivity (Wildman–Crippen MR) is 129 cm³/mol. The van der Waals surface area contributed by atoms with Gasteiger partial charge in [0, 0.05) is 17.6 Å². The minimum Gasteiger partial charge on any atom is -0.508 e. The Morgan fingerprint density at radius 1 is 0.906 bits per heavy atom. The van der Waals surface area contributed by atoms with Crippen molar-refractivity contribution in [2.45, 2.75) is 72.6 Å². The fraction of sp³-hybridized carbons (Fsp3) is 0.407. The van der Waals surface area contributed by atoms with Gasteiger partial charge in [-0.3, -0.25) is 4.79 Å². The van der Waals surface area contributed by atoms with E-state index in [1.54, 1.807) is 32.1 Å². The van der Waals surface area contributed by atoms with Gasteiger partial charge in [-0.25, -0.2) is 4.79 Å². The molecule has 1 rings (SSSR count). The number of aliphatic carboxylic acids is 1. The standard InChI is InChI=1S/C27H36O5/c1-18(2)25(29)15-14-22(27(31)32)11-7-10-19(3)8-6-9-20(4)12-13-23-17-24(28)16-21(5)26(23)30/h8,11-12,16-17,28,30H,1,6-7,9-10,13-15H2,2-5H3,(H,31,32)/b19-8+,20-12+,22-11-. The molecule has 32 heavy (non-hydrogen) atoms. The molecule has 0 aliphatic carbocycles. The first kappa shape index (κ1) is 27.0. The lowest BCUT2D eigenvalue weighted by Gasteiger charge is -2.07. The molecule has 0 aliphatic rings. The number of phenols is 2. The van der Waals surface area contributed by atoms with Gasteiger partial charge in [-0.15, -0.1) is 0 Å². The first-order valence-corrected chi connectivity index (χ1v) is 10.9. The number of aryl methyl sites for hydroxylation is 1. The zero-order valence-corrected chi connectivity index (χ0v) is 19.7. The SMILES string of the molecule is C=C(C)C(=O)CC/C(=C/CC/C(C)=C/CC/C(C)=C/Cc1cc(O)cc(C)c1O)C(=O)O. The van der Waals surface area contributed by atoms with Gasteiger partial charge >= 0.3 is 5.97 Å². The van der Waals surface area contributed by atoms with E-state index in [0.717, 1.165) is 19.3 Å². The highest BCUT2D eigenvalue weighted by atomic mass is 16.4. The van der Waals surface area contributed by atoms with Crippen molar-refractivity contribution >= 4 is 11.8 Å². The number of carboxylic acids is 1. The van der Waals surface area contributed by atoms with E-state index in [9.17, 15) is 24.9 Å². The van der Waals surface area contributed by atoms with Crippen LogP contribution in [-0.2, 0) is 16.0 Å². The van der Waals surface area contributed by atoms with Gasteiger partial charge in [0.1, 0.15) is 11.5 Å². The second-order valence-electron chi connectivity index (χ2n) is 8.39. The lowest BCUT2D eigenvalue weighted by Crippen LogP contribution is -2.05. The third-order valence-electron chi connectivity index (χ3n) is 5.37. The molecule has 0 radical (unpaired) electrons. The smallest absolute Gasteiger partial charge is 0.331 e. The Hall–Kier alpha value is -3.08. The van der Waals surface area contributed by atoms with Crippen LogP contribution in [0.5, 0.6) is 11.5 Å². The number of carbonyl (C=O) groups is 2. The summed E-state index contributed by atoms with van der Waals surface area (Å²) in [5.74, 6) is -0.705. The molecule has 0 fully saturated rings. The van der Waals surface area contributed by atoms with Crippen LogP contribution in [0.15, 0.2) is 59.2 Å². The second kappa shape index (κ2) is 13.4. The van der Waals surface area contributed by atoms with Crippen LogP contribution in [0.3, 0.4) is 0 Å². The number of carboxylic acid groups (broad SMARTS) is 1. The number of allylic oxidation sites excluding steroid dienone is 6. The monoisotopic (exact) mass is 440 g/mol. The maximum absolute atomic E-state index is 11.6. The van der Waals surface area contributed by atoms with Gasteiger partial charge in [0.25, 0.3) is 0 Å². The zero-order valence-electron chi connectivity index (χ0n) is 19.7. The molecule has 0 bridgehead atoms. The number of hydrogen-bond acceptors (Lipinski definition) is 4. The Labute approximate surface area is 191 Å². The van der Waals surface area contributed by atoms with Crippen molar-refractivity contribution in [1.29, 1.82) is 0 Å². The molecule has 0 unspecified atom stereocenters. The molecule has 0 saturated heterocycles. The van der Waals surface area contributed by atoms with Gasteiger partial charge in [-0.1, -0.05) is 36.0 Å². The Bertz CT molecular complexity index is 932. The van der Waals surface area contributed by atoms with Crippen molar-refractivity contribution in [2.24, 2.45) is 0 Å². The Morgan fingerprint density at radius 3 is 2.09 bits per heavy atom. The Kier molecular flexibility index (Phi) is 11.3. The maximum Gasteiger partial charge on any atom is 0.331 e. The molecule has 5 nitrogen and oxygen atoms in total. The molecule has 0 amide bonds. The van der Waals surface area contributed by atoms with Crippen LogP contribution in [0.4, 0.5) is 0 Å². The number of rotatable bonds is 13. The fourth-order valence-corrected chi connectivity index (χ4v) is 3.25. The maximum atomic E-state index is 11.6. The van der Waals surface area contributed by atoms with E-state index in [1.807, 2.05) is 13.8 Å². The molecule has 3 N–H and O–H groups in total. The van der Waals surface area contributed by atoms with E-state index in [1.165, 1.54) is 11.1 Å². The van der Waals surface area contributed by atoms with Gasteiger partial charge in [-0.2, -0.15) is 0 Å². The fourth-order valence-electron chi connectivity index (χ4n) is 3.25. The molecule has 0 aliphatic heterocycles. The van der Waals surface area contributed by atoms with Crippen LogP contribution in [0.1, 0.15) is 70.4 Å². The molecule has 1 aromatic rings. The van der Waals surface area contributed by atoms with Crippen molar-refractivity contribution in [1.82, 2.24) is 0 Å². The molecule has 5 heteroatoms. The van der Waals surface area contributed by atoms with E-state index in [0.29, 0.717) is 29.5 Å². The summed E-state index contributed by atoms with van der Waals surface area (Å²) in [6.45, 7) is 11.1. The van der Waals surface area contributed by atoms with Gasteiger partial charge in [-0.05, 0) is 89.5 Å². The molecular formula is C27H36O5. The number of Topliss-reactive ketones (excluding diaryl/α,β-unsaturated/α-hetero) is 1. The van der Waals surface area contributed by atoms with Crippen LogP contribution in [-0.4, -0.2) is 27.1 Å². The lowest BCUT2D eigenvalue weighted by atomic mass is 10.0. The second-order valence-corrected chi connectivity index (χ2v) is 8.39. The summed E-state index contributed by atoms with van der Waals surface area (Å²) in [7, 11) is 0. The van der Waals surface area contributed by atoms with Crippen LogP contribution in [0, 0.1) is 6.92 Å². The van der Waals surface area contributed by atoms with E-state index in [-0.39, 0.29) is 35.7 Å². The average molecular weight is 441 g/mol. The number of ketones is 1. The molecule has 0 saturated carbocycles. The van der Waals surface area contributed by atoms with Crippen LogP contribution in [0.25, 0.3) is 0 Å². The first-order valence-electron chi connectivity index (χ1n) is 10.9. The normalized spacial score (nSPS) is 12.7. The summed E-state index contributed by atoms with van der Waals surface area (Å²) in [4.78, 5) is 23.0. The third kappa shape index (κ3) is 9.82. The Balaban J connectivity index is 2.52. The van der Waals surface area contributed by atoms with Gasteiger partial charge in [0.15, 0.2) is 5.78 Å². The van der Waals surface area contributed by atoms with Gasteiger partial charge in [0.2, 0.25) is 0 Å². The number of aromatic hydroxyl groups is 2. The topological polar surface area (TPSA) is 94.8 Å². The lowest BCUT2D eigenvalue weighted by molar-refractivity contribution is -0.132. The summed E-state index contributed by atoms with van der Waals surface area (Å²) in [5.41, 5.74) is 4.48. The Morgan fingerprint density at radius 2 is 1.50 bits per heavy atom. The molecule has 174 valence electrons. The average Bonchev–Trinajstić information content (AvgIpc) is 2.71. The quantitative estimate of drug-likeness (QED) is 0.189. The van der Waals surface area contributed by atoms with Crippen LogP contribution >= 0.6 is 0 Å². The number of carbonyl (C=O) groups excluding carboxylic acids is 1. The first-order chi connectivity index (χ1) is 15.0. The number of phenolic OH excluding ortho intramolecular Hbond substituents is 2. The largest absolute Gasteiger partial charge is 0.508 e. The highest BCUT2D eigenvalue weighted by Crippen LogP contribution is 2.28. The van der Waals surface area contributed by atoms with Gasteiger partial charge in [0.05, 0.1) is 0 Å². The van der Waals surface area contributed by atoms with Crippen molar-refractivity contribution in [3.8, 4) is 11.5 Å². The highest BCUT2D eigenvalue weighted by Gasteiger charge is 2.10. The summed E-state index contributed by atoms with van der Waals surface area (Å²) in [6.07, 6.45) is 10.0. The summed E-state index contributed by atoms with van der Waals surface area (Å²) in [6, 6.07) is 3.13. The third-order valence-corrected chi connectivity index (χ3v) is 5.37. The molecular weight excluding hydrogens is 404 g/mol. The predicted octanol–water partition coefficient (Wildman–Crippen LogP) is 6.34. The number of benzene rings is 1. The van der Waals surface area contributed by atoms with Crippen molar-refractivity contribution in [3.05, 3.63) is 70.4 Å². The molecule has 1 aromatic carbocycles. The minimum absolute atomic E-state index is 0.105. The van der Waals surface area contributed by atoms with E-state index in [4.69, 9.17) is 0 Å². The number of hydrogen-bond donors (Lipinski definition) is 3. The van der Waals surface area contributed by atoms with E-state index < -0.39 is 5.97 Å². The molecule has 0 atom stereocenters. The summed E-state index contributed by atoms with van der Waals surface area (Å²) >= 11 is 0. The van der Waals surface area contributed by atoms with Gasteiger partial charge < -0.3 is 15.3 Å². The van der Waals surface area contributed by atoms with E-state index >= 15 is 0 Å². The van der Waals surface area contributed by atoms with Crippen molar-refractivity contribution in [2.75, 3.05) is 0 Å². The minimum atomic E-state index is -0.977. The van der Waals surface area contributed by atoms with Crippen molar-refractivity contribution < 1.29 is 24.9 Å². The van der Waals surface area contributed by atoms with Crippen molar-refractivity contribution in [3.63, 3.8) is 0 Å². The highest BCUT2D eigenvalue weighted by molar-refractivity contribution is 5.95. The zero-order chi connectivity index (χ0) is 24.3. The summed E-state index contributed by atoms with van der Waals surface area (Å²) in [5, 5.41) is 29.1. The molecule has 0 heterocycles. The summed E-state index contributed by atoms with van der Waals surface area (Å²) < 4.78 is 0. The van der Waals surface area contributed by atoms with Crippen LogP contribution in [0.2, 0.25) is 0 Å². The molecule has 0 spiro atoms. The van der Waals surface area contributed by atoms with Crippen LogP contribution < -0.4 is 0 Å². The van der Waals surface area contributed by atoms with E-state index in [2.05, 4.69) is 18.7 Å².